The number of anilines is 1. The number of nitrogens with zero attached hydrogens (tertiary/aromatic N) is 2. The van der Waals surface area contributed by atoms with Gasteiger partial charge < -0.3 is 19.9 Å². The number of urea groups is 1. The van der Waals surface area contributed by atoms with Crippen molar-refractivity contribution in [3.8, 4) is 5.75 Å². The summed E-state index contributed by atoms with van der Waals surface area (Å²) in [5.74, 6) is 0.244. The van der Waals surface area contributed by atoms with Crippen molar-refractivity contribution in [2.75, 3.05) is 31.6 Å². The van der Waals surface area contributed by atoms with Crippen molar-refractivity contribution < 1.29 is 18.7 Å². The molecule has 0 radical (unpaired) electrons. The van der Waals surface area contributed by atoms with Gasteiger partial charge in [0.15, 0.2) is 0 Å². The highest BCUT2D eigenvalue weighted by molar-refractivity contribution is 7.10. The molecule has 1 N–H and O–H groups in total. The van der Waals surface area contributed by atoms with Gasteiger partial charge in [-0.3, -0.25) is 4.79 Å². The molecule has 6 nitrogen and oxygen atoms in total. The van der Waals surface area contributed by atoms with Crippen LogP contribution in [0.2, 0.25) is 5.02 Å². The summed E-state index contributed by atoms with van der Waals surface area (Å²) in [6.45, 7) is 5.26. The van der Waals surface area contributed by atoms with Crippen LogP contribution in [0, 0.1) is 11.7 Å². The number of halogens is 2. The van der Waals surface area contributed by atoms with E-state index < -0.39 is 0 Å². The van der Waals surface area contributed by atoms with E-state index >= 15 is 0 Å². The molecule has 37 heavy (non-hydrogen) atoms. The third-order valence-electron chi connectivity index (χ3n) is 6.28. The zero-order valence-corrected chi connectivity index (χ0v) is 22.5. The molecule has 3 amide bonds. The van der Waals surface area contributed by atoms with E-state index in [9.17, 15) is 14.0 Å². The number of ether oxygens (including phenoxy) is 1. The Hall–Kier alpha value is -3.10. The van der Waals surface area contributed by atoms with E-state index in [4.69, 9.17) is 16.3 Å². The van der Waals surface area contributed by atoms with Crippen LogP contribution < -0.4 is 10.1 Å². The maximum Gasteiger partial charge on any atom is 0.322 e. The van der Waals surface area contributed by atoms with Crippen LogP contribution in [0.15, 0.2) is 60.0 Å². The Morgan fingerprint density at radius 1 is 1.22 bits per heavy atom. The third kappa shape index (κ3) is 7.23. The topological polar surface area (TPSA) is 61.9 Å². The minimum Gasteiger partial charge on any atom is -0.491 e. The molecule has 0 spiro atoms. The van der Waals surface area contributed by atoms with E-state index in [-0.39, 0.29) is 36.9 Å². The van der Waals surface area contributed by atoms with E-state index in [0.717, 1.165) is 18.4 Å². The van der Waals surface area contributed by atoms with Gasteiger partial charge in [0.05, 0.1) is 6.04 Å². The first kappa shape index (κ1) is 26.9. The van der Waals surface area contributed by atoms with Gasteiger partial charge in [0.2, 0.25) is 5.91 Å². The Kier molecular flexibility index (Phi) is 9.05. The zero-order valence-electron chi connectivity index (χ0n) is 21.0. The molecule has 0 fully saturated rings. The fraction of sp³-hybridized carbons (Fsp3) is 0.357. The van der Waals surface area contributed by atoms with Crippen molar-refractivity contribution in [2.24, 2.45) is 5.92 Å². The van der Waals surface area contributed by atoms with Crippen LogP contribution in [0.5, 0.6) is 5.75 Å². The summed E-state index contributed by atoms with van der Waals surface area (Å²) >= 11 is 7.73. The molecule has 1 aliphatic heterocycles. The molecule has 2 aromatic carbocycles. The van der Waals surface area contributed by atoms with Crippen LogP contribution in [-0.4, -0.2) is 48.0 Å². The quantitative estimate of drug-likeness (QED) is 0.329. The zero-order chi connectivity index (χ0) is 26.4. The Balaban J connectivity index is 1.50. The largest absolute Gasteiger partial charge is 0.491 e. The highest BCUT2D eigenvalue weighted by atomic mass is 35.5. The molecule has 0 aliphatic carbocycles. The van der Waals surface area contributed by atoms with E-state index in [1.54, 1.807) is 57.5 Å². The van der Waals surface area contributed by atoms with Crippen LogP contribution in [0.1, 0.15) is 36.8 Å². The maximum absolute atomic E-state index is 13.7. The second kappa shape index (κ2) is 12.4. The van der Waals surface area contributed by atoms with E-state index in [1.807, 2.05) is 11.4 Å². The van der Waals surface area contributed by atoms with Gasteiger partial charge in [0.1, 0.15) is 24.7 Å². The van der Waals surface area contributed by atoms with Gasteiger partial charge in [-0.05, 0) is 66.1 Å². The number of amides is 3. The number of hydrogen-bond acceptors (Lipinski definition) is 4. The lowest BCUT2D eigenvalue weighted by molar-refractivity contribution is -0.135. The molecule has 1 aromatic heterocycles. The molecule has 1 atom stereocenters. The van der Waals surface area contributed by atoms with Gasteiger partial charge in [-0.25, -0.2) is 9.18 Å². The normalized spacial score (nSPS) is 14.8. The SMILES string of the molecule is CC(C)CCN(CC(=O)N1CCc2sccc2C1COc1cccc(F)c1)C(=O)Nc1cccc(Cl)c1. The molecule has 196 valence electrons. The van der Waals surface area contributed by atoms with Crippen molar-refractivity contribution in [3.63, 3.8) is 0 Å². The minimum atomic E-state index is -0.378. The van der Waals surface area contributed by atoms with Gasteiger partial charge in [-0.2, -0.15) is 0 Å². The summed E-state index contributed by atoms with van der Waals surface area (Å²) in [5, 5.41) is 5.40. The molecular weight excluding hydrogens is 513 g/mol. The first-order valence-corrected chi connectivity index (χ1v) is 13.6. The number of carbonyl (C=O) groups is 2. The predicted octanol–water partition coefficient (Wildman–Crippen LogP) is 6.63. The standard InChI is InChI=1S/C28H31ClFN3O3S/c1-19(2)9-12-32(28(35)31-22-7-3-5-20(29)15-22)17-27(34)33-13-10-26-24(11-14-37-26)25(33)18-36-23-8-4-6-21(30)16-23/h3-8,11,14-16,19,25H,9-10,12-13,17-18H2,1-2H3,(H,31,35). The molecule has 1 unspecified atom stereocenters. The first-order chi connectivity index (χ1) is 17.8. The van der Waals surface area contributed by atoms with E-state index in [1.165, 1.54) is 17.0 Å². The molecule has 0 bridgehead atoms. The average Bonchev–Trinajstić information content (AvgIpc) is 3.34. The summed E-state index contributed by atoms with van der Waals surface area (Å²) in [6.07, 6.45) is 1.51. The lowest BCUT2D eigenvalue weighted by Gasteiger charge is -2.37. The lowest BCUT2D eigenvalue weighted by atomic mass is 10.0. The second-order valence-corrected chi connectivity index (χ2v) is 10.9. The Bertz CT molecular complexity index is 1230. The number of benzene rings is 2. The summed E-state index contributed by atoms with van der Waals surface area (Å²) in [6, 6.07) is 14.2. The number of carbonyl (C=O) groups excluding carboxylic acids is 2. The van der Waals surface area contributed by atoms with Crippen molar-refractivity contribution in [1.29, 1.82) is 0 Å². The number of thiophene rings is 1. The number of hydrogen-bond donors (Lipinski definition) is 1. The Morgan fingerprint density at radius 2 is 2.03 bits per heavy atom. The van der Waals surface area contributed by atoms with E-state index in [2.05, 4.69) is 19.2 Å². The van der Waals surface area contributed by atoms with Crippen LogP contribution in [-0.2, 0) is 11.2 Å². The summed E-state index contributed by atoms with van der Waals surface area (Å²) in [5.41, 5.74) is 1.61. The van der Waals surface area contributed by atoms with Gasteiger partial charge in [-0.1, -0.05) is 37.6 Å². The van der Waals surface area contributed by atoms with Crippen LogP contribution in [0.4, 0.5) is 14.9 Å². The van der Waals surface area contributed by atoms with Crippen LogP contribution in [0.25, 0.3) is 0 Å². The maximum atomic E-state index is 13.7. The molecule has 3 aromatic rings. The Labute approximate surface area is 226 Å². The number of nitrogens with one attached hydrogen (secondary N) is 1. The lowest BCUT2D eigenvalue weighted by Crippen LogP contribution is -2.49. The first-order valence-electron chi connectivity index (χ1n) is 12.4. The minimum absolute atomic E-state index is 0.0605. The fourth-order valence-electron chi connectivity index (χ4n) is 4.30. The predicted molar refractivity (Wildman–Crippen MR) is 146 cm³/mol. The molecule has 2 heterocycles. The van der Waals surface area contributed by atoms with E-state index in [0.29, 0.717) is 35.5 Å². The molecule has 0 saturated carbocycles. The number of rotatable bonds is 9. The summed E-state index contributed by atoms with van der Waals surface area (Å²) in [4.78, 5) is 31.4. The molecule has 0 saturated heterocycles. The monoisotopic (exact) mass is 543 g/mol. The van der Waals surface area contributed by atoms with Crippen molar-refractivity contribution in [3.05, 3.63) is 81.3 Å². The fourth-order valence-corrected chi connectivity index (χ4v) is 5.41. The molecule has 1 aliphatic rings. The van der Waals surface area contributed by atoms with Gasteiger partial charge in [0.25, 0.3) is 0 Å². The molecule has 4 rings (SSSR count). The van der Waals surface area contributed by atoms with Gasteiger partial charge >= 0.3 is 6.03 Å². The van der Waals surface area contributed by atoms with Crippen LogP contribution in [0.3, 0.4) is 0 Å². The highest BCUT2D eigenvalue weighted by Gasteiger charge is 2.33. The molecule has 9 heteroatoms. The summed E-state index contributed by atoms with van der Waals surface area (Å²) in [7, 11) is 0. The highest BCUT2D eigenvalue weighted by Crippen LogP contribution is 2.34. The second-order valence-electron chi connectivity index (χ2n) is 9.47. The van der Waals surface area contributed by atoms with Crippen LogP contribution >= 0.6 is 22.9 Å². The smallest absolute Gasteiger partial charge is 0.322 e. The van der Waals surface area contributed by atoms with Crippen molar-refractivity contribution >= 4 is 40.6 Å². The third-order valence-corrected chi connectivity index (χ3v) is 7.52. The van der Waals surface area contributed by atoms with Crippen molar-refractivity contribution in [1.82, 2.24) is 9.80 Å². The van der Waals surface area contributed by atoms with Crippen molar-refractivity contribution in [2.45, 2.75) is 32.7 Å². The average molecular weight is 544 g/mol. The molecular formula is C28H31ClFN3O3S. The van der Waals surface area contributed by atoms with Gasteiger partial charge in [0, 0.05) is 34.7 Å². The number of fused-ring (bicyclic) bond motifs is 1. The Morgan fingerprint density at radius 3 is 2.78 bits per heavy atom. The summed E-state index contributed by atoms with van der Waals surface area (Å²) < 4.78 is 19.6. The van der Waals surface area contributed by atoms with Gasteiger partial charge in [-0.15, -0.1) is 11.3 Å².